The lowest BCUT2D eigenvalue weighted by molar-refractivity contribution is 0.466. The van der Waals surface area contributed by atoms with Gasteiger partial charge in [0.15, 0.2) is 0 Å². The van der Waals surface area contributed by atoms with E-state index in [9.17, 15) is 0 Å². The molecule has 0 fully saturated rings. The molecule has 17 heavy (non-hydrogen) atoms. The zero-order valence-electron chi connectivity index (χ0n) is 12.6. The topological polar surface area (TPSA) is 12.0 Å². The Morgan fingerprint density at radius 2 is 1.35 bits per heavy atom. The van der Waals surface area contributed by atoms with Gasteiger partial charge in [-0.1, -0.05) is 72.1 Å². The normalized spacial score (nSPS) is 12.9. The van der Waals surface area contributed by atoms with Gasteiger partial charge >= 0.3 is 0 Å². The van der Waals surface area contributed by atoms with Crippen molar-refractivity contribution in [1.82, 2.24) is 5.32 Å². The first-order valence-electron chi connectivity index (χ1n) is 8.02. The van der Waals surface area contributed by atoms with Crippen molar-refractivity contribution in [2.75, 3.05) is 13.1 Å². The van der Waals surface area contributed by atoms with Crippen LogP contribution in [0.4, 0.5) is 0 Å². The van der Waals surface area contributed by atoms with Crippen molar-refractivity contribution in [2.24, 2.45) is 5.92 Å². The van der Waals surface area contributed by atoms with E-state index in [1.807, 2.05) is 0 Å². The third-order valence-electron chi connectivity index (χ3n) is 3.48. The molecule has 1 N–H and O–H groups in total. The van der Waals surface area contributed by atoms with Gasteiger partial charge in [0.25, 0.3) is 0 Å². The van der Waals surface area contributed by atoms with Gasteiger partial charge in [-0.3, -0.25) is 0 Å². The van der Waals surface area contributed by atoms with Crippen LogP contribution < -0.4 is 5.32 Å². The average molecular weight is 241 g/mol. The lowest BCUT2D eigenvalue weighted by Gasteiger charge is -2.11. The van der Waals surface area contributed by atoms with Crippen molar-refractivity contribution in [3.63, 3.8) is 0 Å². The van der Waals surface area contributed by atoms with Crippen LogP contribution in [-0.2, 0) is 0 Å². The van der Waals surface area contributed by atoms with Crippen LogP contribution in [0.15, 0.2) is 0 Å². The maximum absolute atomic E-state index is 3.58. The van der Waals surface area contributed by atoms with Gasteiger partial charge in [0, 0.05) is 0 Å². The van der Waals surface area contributed by atoms with E-state index in [-0.39, 0.29) is 0 Å². The van der Waals surface area contributed by atoms with Crippen LogP contribution in [0.1, 0.15) is 85.0 Å². The van der Waals surface area contributed by atoms with Crippen LogP contribution in [0, 0.1) is 5.92 Å². The first-order chi connectivity index (χ1) is 8.31. The van der Waals surface area contributed by atoms with Crippen LogP contribution in [0.2, 0.25) is 0 Å². The molecule has 0 bridgehead atoms. The van der Waals surface area contributed by atoms with Crippen molar-refractivity contribution >= 4 is 0 Å². The maximum atomic E-state index is 3.58. The molecule has 0 saturated carbocycles. The van der Waals surface area contributed by atoms with E-state index in [2.05, 4.69) is 26.1 Å². The predicted octanol–water partition coefficient (Wildman–Crippen LogP) is 5.15. The van der Waals surface area contributed by atoms with E-state index in [4.69, 9.17) is 0 Å². The summed E-state index contributed by atoms with van der Waals surface area (Å²) >= 11 is 0. The molecule has 1 unspecified atom stereocenters. The highest BCUT2D eigenvalue weighted by Gasteiger charge is 1.98. The van der Waals surface area contributed by atoms with E-state index in [0.717, 1.165) is 5.92 Å². The van der Waals surface area contributed by atoms with Crippen LogP contribution in [0.3, 0.4) is 0 Å². The van der Waals surface area contributed by atoms with Gasteiger partial charge in [0.05, 0.1) is 0 Å². The number of nitrogens with one attached hydrogen (secondary N) is 1. The first-order valence-corrected chi connectivity index (χ1v) is 8.02. The molecule has 1 heteroatoms. The van der Waals surface area contributed by atoms with E-state index in [1.165, 1.54) is 77.3 Å². The van der Waals surface area contributed by atoms with Gasteiger partial charge in [0.2, 0.25) is 0 Å². The molecule has 0 aliphatic heterocycles. The highest BCUT2D eigenvalue weighted by Crippen LogP contribution is 2.08. The van der Waals surface area contributed by atoms with E-state index in [1.54, 1.807) is 0 Å². The monoisotopic (exact) mass is 241 g/mol. The molecule has 104 valence electrons. The zero-order valence-corrected chi connectivity index (χ0v) is 12.6. The molecule has 0 saturated heterocycles. The minimum absolute atomic E-state index is 0.856. The summed E-state index contributed by atoms with van der Waals surface area (Å²) in [5.74, 6) is 0.856. The molecule has 0 aromatic rings. The second kappa shape index (κ2) is 14.0. The van der Waals surface area contributed by atoms with E-state index in [0.29, 0.717) is 0 Å². The summed E-state index contributed by atoms with van der Waals surface area (Å²) in [4.78, 5) is 0. The summed E-state index contributed by atoms with van der Waals surface area (Å²) in [5, 5.41) is 3.58. The second-order valence-electron chi connectivity index (χ2n) is 5.57. The Kier molecular flexibility index (Phi) is 14.0. The fraction of sp³-hybridized carbons (Fsp3) is 1.00. The summed E-state index contributed by atoms with van der Waals surface area (Å²) in [6, 6.07) is 0. The summed E-state index contributed by atoms with van der Waals surface area (Å²) in [6.07, 6.45) is 14.1. The molecule has 0 rings (SSSR count). The lowest BCUT2D eigenvalue weighted by atomic mass is 10.1. The Morgan fingerprint density at radius 1 is 0.765 bits per heavy atom. The predicted molar refractivity (Wildman–Crippen MR) is 79.6 cm³/mol. The van der Waals surface area contributed by atoms with Gasteiger partial charge in [-0.2, -0.15) is 0 Å². The molecule has 0 heterocycles. The number of hydrogen-bond donors (Lipinski definition) is 1. The number of hydrogen-bond acceptors (Lipinski definition) is 1. The van der Waals surface area contributed by atoms with Gasteiger partial charge in [-0.15, -0.1) is 0 Å². The Morgan fingerprint density at radius 3 is 1.94 bits per heavy atom. The summed E-state index contributed by atoms with van der Waals surface area (Å²) in [6.45, 7) is 9.35. The third kappa shape index (κ3) is 13.9. The zero-order chi connectivity index (χ0) is 12.8. The Labute approximate surface area is 110 Å². The SMILES string of the molecule is CCCCCCCCCCNCC(C)CCC. The molecule has 0 aromatic heterocycles. The Hall–Kier alpha value is -0.0400. The highest BCUT2D eigenvalue weighted by molar-refractivity contribution is 4.56. The van der Waals surface area contributed by atoms with Crippen LogP contribution >= 0.6 is 0 Å². The van der Waals surface area contributed by atoms with Gasteiger partial charge in [-0.05, 0) is 31.8 Å². The number of unbranched alkanes of at least 4 members (excludes halogenated alkanes) is 7. The minimum atomic E-state index is 0.856. The number of rotatable bonds is 13. The first kappa shape index (κ1) is 17.0. The van der Waals surface area contributed by atoms with Crippen molar-refractivity contribution in [1.29, 1.82) is 0 Å². The second-order valence-corrected chi connectivity index (χ2v) is 5.57. The smallest absolute Gasteiger partial charge is 0.00232 e. The Balaban J connectivity index is 2.98. The van der Waals surface area contributed by atoms with Gasteiger partial charge < -0.3 is 5.32 Å². The maximum Gasteiger partial charge on any atom is -0.00232 e. The van der Waals surface area contributed by atoms with Crippen LogP contribution in [0.5, 0.6) is 0 Å². The lowest BCUT2D eigenvalue weighted by Crippen LogP contribution is -2.22. The van der Waals surface area contributed by atoms with E-state index >= 15 is 0 Å². The largest absolute Gasteiger partial charge is 0.316 e. The summed E-state index contributed by atoms with van der Waals surface area (Å²) in [7, 11) is 0. The Bertz CT molecular complexity index is 133. The minimum Gasteiger partial charge on any atom is -0.316 e. The summed E-state index contributed by atoms with van der Waals surface area (Å²) < 4.78 is 0. The fourth-order valence-corrected chi connectivity index (χ4v) is 2.33. The molecular weight excluding hydrogens is 206 g/mol. The van der Waals surface area contributed by atoms with Crippen molar-refractivity contribution in [3.05, 3.63) is 0 Å². The van der Waals surface area contributed by atoms with Gasteiger partial charge in [0.1, 0.15) is 0 Å². The molecule has 1 atom stereocenters. The summed E-state index contributed by atoms with van der Waals surface area (Å²) in [5.41, 5.74) is 0. The molecule has 0 aliphatic carbocycles. The molecule has 0 amide bonds. The average Bonchev–Trinajstić information content (AvgIpc) is 2.32. The molecule has 0 radical (unpaired) electrons. The van der Waals surface area contributed by atoms with Gasteiger partial charge in [-0.25, -0.2) is 0 Å². The fourth-order valence-electron chi connectivity index (χ4n) is 2.33. The molecule has 0 aliphatic rings. The molecular formula is C16H35N. The van der Waals surface area contributed by atoms with Crippen molar-refractivity contribution in [3.8, 4) is 0 Å². The standard InChI is InChI=1S/C16H35N/c1-4-6-7-8-9-10-11-12-14-17-15-16(3)13-5-2/h16-17H,4-15H2,1-3H3. The molecule has 1 nitrogen and oxygen atoms in total. The van der Waals surface area contributed by atoms with Crippen molar-refractivity contribution < 1.29 is 0 Å². The van der Waals surface area contributed by atoms with Crippen LogP contribution in [-0.4, -0.2) is 13.1 Å². The highest BCUT2D eigenvalue weighted by atomic mass is 14.8. The molecule has 0 aromatic carbocycles. The quantitative estimate of drug-likeness (QED) is 0.440. The van der Waals surface area contributed by atoms with Crippen molar-refractivity contribution in [2.45, 2.75) is 85.0 Å². The van der Waals surface area contributed by atoms with Crippen LogP contribution in [0.25, 0.3) is 0 Å². The van der Waals surface area contributed by atoms with E-state index < -0.39 is 0 Å². The third-order valence-corrected chi connectivity index (χ3v) is 3.48. The molecule has 0 spiro atoms.